The molecule has 0 aromatic rings. The maximum Gasteiger partial charge on any atom is 0.398 e. The van der Waals surface area contributed by atoms with E-state index in [9.17, 15) is 26.4 Å². The Morgan fingerprint density at radius 3 is 2.21 bits per heavy atom. The van der Waals surface area contributed by atoms with Crippen LogP contribution in [0.1, 0.15) is 64.7 Å². The quantitative estimate of drug-likeness (QED) is 0.298. The van der Waals surface area contributed by atoms with Gasteiger partial charge >= 0.3 is 22.5 Å². The number of rotatable bonds is 13. The van der Waals surface area contributed by atoms with Gasteiger partial charge in [0.25, 0.3) is 0 Å². The van der Waals surface area contributed by atoms with E-state index in [0.29, 0.717) is 38.5 Å². The Hall–Kier alpha value is -0.870. The number of hydrogen-bond acceptors (Lipinski definition) is 5. The molecule has 0 bridgehead atoms. The van der Waals surface area contributed by atoms with E-state index in [4.69, 9.17) is 9.29 Å². The van der Waals surface area contributed by atoms with E-state index in [0.717, 1.165) is 0 Å². The summed E-state index contributed by atoms with van der Waals surface area (Å²) in [6.45, 7) is 1.87. The number of ether oxygens (including phenoxy) is 1. The molecular formula is C14H25F3O6S. The Balaban J connectivity index is 3.91. The van der Waals surface area contributed by atoms with Crippen molar-refractivity contribution in [2.75, 3.05) is 6.61 Å². The van der Waals surface area contributed by atoms with Crippen molar-refractivity contribution in [3.05, 3.63) is 0 Å². The zero-order valence-corrected chi connectivity index (χ0v) is 14.5. The Morgan fingerprint density at radius 2 is 1.67 bits per heavy atom. The number of esters is 1. The highest BCUT2D eigenvalue weighted by atomic mass is 32.3. The van der Waals surface area contributed by atoms with E-state index in [2.05, 4.69) is 4.18 Å². The minimum absolute atomic E-state index is 0.0234. The second-order valence-corrected chi connectivity index (χ2v) is 6.50. The van der Waals surface area contributed by atoms with Gasteiger partial charge < -0.3 is 4.74 Å². The van der Waals surface area contributed by atoms with Crippen LogP contribution in [0, 0.1) is 0 Å². The van der Waals surface area contributed by atoms with Crippen molar-refractivity contribution in [1.82, 2.24) is 0 Å². The first-order chi connectivity index (χ1) is 11.0. The minimum atomic E-state index is -4.75. The summed E-state index contributed by atoms with van der Waals surface area (Å²) in [4.78, 5) is 11.7. The van der Waals surface area contributed by atoms with Gasteiger partial charge in [-0.1, -0.05) is 39.0 Å². The summed E-state index contributed by atoms with van der Waals surface area (Å²) in [7, 11) is -4.75. The maximum atomic E-state index is 11.9. The van der Waals surface area contributed by atoms with Crippen molar-refractivity contribution in [2.24, 2.45) is 0 Å². The molecule has 0 rings (SSSR count). The molecule has 1 N–H and O–H groups in total. The Morgan fingerprint density at radius 1 is 1.08 bits per heavy atom. The van der Waals surface area contributed by atoms with E-state index >= 15 is 0 Å². The molecule has 0 heterocycles. The van der Waals surface area contributed by atoms with Gasteiger partial charge in [0.05, 0.1) is 6.61 Å². The fourth-order valence-electron chi connectivity index (χ4n) is 1.97. The van der Waals surface area contributed by atoms with Crippen LogP contribution < -0.4 is 0 Å². The summed E-state index contributed by atoms with van der Waals surface area (Å²) in [6, 6.07) is 0. The van der Waals surface area contributed by atoms with Crippen LogP contribution in [0.25, 0.3) is 0 Å². The first-order valence-corrected chi connectivity index (χ1v) is 9.30. The van der Waals surface area contributed by atoms with Crippen LogP contribution in [0.3, 0.4) is 0 Å². The maximum absolute atomic E-state index is 11.9. The molecule has 0 amide bonds. The van der Waals surface area contributed by atoms with E-state index in [1.165, 1.54) is 0 Å². The molecule has 0 aliphatic heterocycles. The fraction of sp³-hybridized carbons (Fsp3) is 0.929. The highest BCUT2D eigenvalue weighted by molar-refractivity contribution is 7.80. The first-order valence-electron chi connectivity index (χ1n) is 7.94. The third kappa shape index (κ3) is 14.7. The van der Waals surface area contributed by atoms with Gasteiger partial charge in [0.15, 0.2) is 6.10 Å². The molecule has 0 saturated carbocycles. The molecule has 0 spiro atoms. The monoisotopic (exact) mass is 378 g/mol. The number of alkyl halides is 3. The predicted octanol–water partition coefficient (Wildman–Crippen LogP) is 3.81. The molecule has 1 unspecified atom stereocenters. The van der Waals surface area contributed by atoms with Crippen molar-refractivity contribution in [2.45, 2.75) is 77.0 Å². The molecule has 144 valence electrons. The smallest absolute Gasteiger partial charge is 0.398 e. The van der Waals surface area contributed by atoms with Gasteiger partial charge in [-0.25, -0.2) is 8.98 Å². The first kappa shape index (κ1) is 23.1. The lowest BCUT2D eigenvalue weighted by Crippen LogP contribution is -2.29. The fourth-order valence-corrected chi connectivity index (χ4v) is 2.43. The van der Waals surface area contributed by atoms with Crippen LogP contribution in [0.15, 0.2) is 0 Å². The average Bonchev–Trinajstić information content (AvgIpc) is 2.43. The number of hydrogen-bond donors (Lipinski definition) is 1. The van der Waals surface area contributed by atoms with Crippen molar-refractivity contribution < 1.29 is 39.9 Å². The lowest BCUT2D eigenvalue weighted by Gasteiger charge is -2.14. The molecule has 0 aromatic heterocycles. The second-order valence-electron chi connectivity index (χ2n) is 5.46. The van der Waals surface area contributed by atoms with Gasteiger partial charge in [-0.3, -0.25) is 4.55 Å². The Labute approximate surface area is 140 Å². The zero-order valence-electron chi connectivity index (χ0n) is 13.7. The molecular weight excluding hydrogens is 353 g/mol. The third-order valence-electron chi connectivity index (χ3n) is 3.17. The summed E-state index contributed by atoms with van der Waals surface area (Å²) in [5, 5.41) is 0. The molecule has 0 aliphatic carbocycles. The summed E-state index contributed by atoms with van der Waals surface area (Å²) in [6.07, 6.45) is -2.81. The van der Waals surface area contributed by atoms with E-state index in [-0.39, 0.29) is 19.4 Å². The van der Waals surface area contributed by atoms with E-state index < -0.39 is 35.1 Å². The lowest BCUT2D eigenvalue weighted by molar-refractivity contribution is -0.152. The highest BCUT2D eigenvalue weighted by Crippen LogP contribution is 2.23. The van der Waals surface area contributed by atoms with Gasteiger partial charge in [-0.2, -0.15) is 21.6 Å². The van der Waals surface area contributed by atoms with Crippen molar-refractivity contribution in [3.63, 3.8) is 0 Å². The van der Waals surface area contributed by atoms with Crippen LogP contribution in [-0.2, 0) is 24.1 Å². The molecule has 10 heteroatoms. The van der Waals surface area contributed by atoms with Crippen molar-refractivity contribution in [3.8, 4) is 0 Å². The normalized spacial score (nSPS) is 13.7. The standard InChI is InChI=1S/C14H25F3O6S/c1-2-3-9-12(23-24(19,20)21)13(18)22-11-8-6-4-5-7-10-14(15,16)17/h12H,2-11H2,1H3,(H,19,20,21). The minimum Gasteiger partial charge on any atom is -0.464 e. The third-order valence-corrected chi connectivity index (χ3v) is 3.64. The van der Waals surface area contributed by atoms with Crippen LogP contribution in [0.5, 0.6) is 0 Å². The molecule has 6 nitrogen and oxygen atoms in total. The number of carbonyl (C=O) groups is 1. The van der Waals surface area contributed by atoms with Crippen LogP contribution in [0.2, 0.25) is 0 Å². The molecule has 24 heavy (non-hydrogen) atoms. The topological polar surface area (TPSA) is 89.9 Å². The number of unbranched alkanes of at least 4 members (excludes halogenated alkanes) is 5. The van der Waals surface area contributed by atoms with Crippen LogP contribution in [0.4, 0.5) is 13.2 Å². The van der Waals surface area contributed by atoms with Crippen molar-refractivity contribution in [1.29, 1.82) is 0 Å². The Bertz CT molecular complexity index is 450. The molecule has 0 fully saturated rings. The van der Waals surface area contributed by atoms with Crippen LogP contribution in [-0.4, -0.2) is 37.8 Å². The second kappa shape index (κ2) is 11.6. The van der Waals surface area contributed by atoms with Gasteiger partial charge in [0.1, 0.15) is 0 Å². The summed E-state index contributed by atoms with van der Waals surface area (Å²) >= 11 is 0. The lowest BCUT2D eigenvalue weighted by atomic mass is 10.1. The summed E-state index contributed by atoms with van der Waals surface area (Å²) in [5.41, 5.74) is 0. The van der Waals surface area contributed by atoms with E-state index in [1.54, 1.807) is 0 Å². The molecule has 0 aliphatic rings. The van der Waals surface area contributed by atoms with Crippen LogP contribution >= 0.6 is 0 Å². The summed E-state index contributed by atoms with van der Waals surface area (Å²) in [5.74, 6) is -0.877. The Kier molecular flexibility index (Phi) is 11.2. The highest BCUT2D eigenvalue weighted by Gasteiger charge is 2.26. The zero-order chi connectivity index (χ0) is 18.6. The number of halogens is 3. The van der Waals surface area contributed by atoms with Gasteiger partial charge in [0.2, 0.25) is 0 Å². The van der Waals surface area contributed by atoms with Gasteiger partial charge in [-0.05, 0) is 19.3 Å². The number of carbonyl (C=O) groups excluding carboxylic acids is 1. The molecule has 0 saturated heterocycles. The van der Waals surface area contributed by atoms with Gasteiger partial charge in [0, 0.05) is 6.42 Å². The largest absolute Gasteiger partial charge is 0.464 e. The molecule has 0 radical (unpaired) electrons. The summed E-state index contributed by atoms with van der Waals surface area (Å²) < 4.78 is 75.0. The van der Waals surface area contributed by atoms with Crippen molar-refractivity contribution >= 4 is 16.4 Å². The van der Waals surface area contributed by atoms with E-state index in [1.807, 2.05) is 6.92 Å². The SMILES string of the molecule is CCCCC(OS(=O)(=O)O)C(=O)OCCCCCCCC(F)(F)F. The van der Waals surface area contributed by atoms with Gasteiger partial charge in [-0.15, -0.1) is 0 Å². The predicted molar refractivity (Wildman–Crippen MR) is 80.7 cm³/mol. The average molecular weight is 378 g/mol. The molecule has 1 atom stereocenters. The molecule has 0 aromatic carbocycles.